The molecule has 4 aromatic rings. The van der Waals surface area contributed by atoms with Gasteiger partial charge in [0, 0.05) is 43.0 Å². The van der Waals surface area contributed by atoms with Gasteiger partial charge >= 0.3 is 0 Å². The third-order valence-corrected chi connectivity index (χ3v) is 5.10. The van der Waals surface area contributed by atoms with Crippen LogP contribution in [0.3, 0.4) is 0 Å². The van der Waals surface area contributed by atoms with Crippen molar-refractivity contribution in [3.63, 3.8) is 0 Å². The number of rotatable bonds is 7. The van der Waals surface area contributed by atoms with E-state index in [0.29, 0.717) is 13.0 Å². The second kappa shape index (κ2) is 9.61. The Labute approximate surface area is 176 Å². The van der Waals surface area contributed by atoms with E-state index in [1.165, 1.54) is 0 Å². The molecule has 0 spiro atoms. The predicted molar refractivity (Wildman–Crippen MR) is 119 cm³/mol. The van der Waals surface area contributed by atoms with E-state index in [0.717, 1.165) is 27.9 Å². The van der Waals surface area contributed by atoms with Crippen LogP contribution in [0.4, 0.5) is 0 Å². The van der Waals surface area contributed by atoms with Crippen LogP contribution in [-0.4, -0.2) is 15.9 Å². The molecule has 1 amide bonds. The molecule has 4 nitrogen and oxygen atoms in total. The molecule has 148 valence electrons. The van der Waals surface area contributed by atoms with Crippen molar-refractivity contribution in [2.24, 2.45) is 0 Å². The Morgan fingerprint density at radius 1 is 0.800 bits per heavy atom. The fourth-order valence-electron chi connectivity index (χ4n) is 3.59. The highest BCUT2D eigenvalue weighted by molar-refractivity contribution is 5.78. The molecule has 0 atom stereocenters. The molecule has 2 aromatic carbocycles. The molecule has 4 rings (SSSR count). The largest absolute Gasteiger partial charge is 0.352 e. The summed E-state index contributed by atoms with van der Waals surface area (Å²) in [5, 5.41) is 3.08. The minimum absolute atomic E-state index is 0.00805. The number of carbonyl (C=O) groups excluding carboxylic acids is 1. The van der Waals surface area contributed by atoms with Crippen molar-refractivity contribution < 1.29 is 4.79 Å². The van der Waals surface area contributed by atoms with Crippen LogP contribution in [0.25, 0.3) is 11.3 Å². The predicted octanol–water partition coefficient (Wildman–Crippen LogP) is 4.98. The number of nitrogens with zero attached hydrogens (tertiary/aromatic N) is 2. The summed E-state index contributed by atoms with van der Waals surface area (Å²) in [5.74, 6) is 0.0211. The summed E-state index contributed by atoms with van der Waals surface area (Å²) in [4.78, 5) is 21.5. The number of hydrogen-bond acceptors (Lipinski definition) is 3. The van der Waals surface area contributed by atoms with Crippen molar-refractivity contribution >= 4 is 5.91 Å². The molecule has 0 saturated carbocycles. The molecule has 2 aromatic heterocycles. The molecule has 0 radical (unpaired) electrons. The maximum Gasteiger partial charge on any atom is 0.221 e. The third kappa shape index (κ3) is 4.78. The number of aromatic nitrogens is 2. The van der Waals surface area contributed by atoms with Crippen LogP contribution >= 0.6 is 0 Å². The van der Waals surface area contributed by atoms with E-state index >= 15 is 0 Å². The lowest BCUT2D eigenvalue weighted by Gasteiger charge is -2.18. The summed E-state index contributed by atoms with van der Waals surface area (Å²) in [5.41, 5.74) is 5.02. The monoisotopic (exact) mass is 393 g/mol. The van der Waals surface area contributed by atoms with Crippen molar-refractivity contribution in [3.05, 3.63) is 120 Å². The summed E-state index contributed by atoms with van der Waals surface area (Å²) < 4.78 is 0. The molecule has 0 fully saturated rings. The summed E-state index contributed by atoms with van der Waals surface area (Å²) in [6.45, 7) is 0.424. The average molecular weight is 393 g/mol. The minimum Gasteiger partial charge on any atom is -0.352 e. The second-order valence-electron chi connectivity index (χ2n) is 7.11. The Bertz CT molecular complexity index is 1040. The number of pyridine rings is 2. The second-order valence-corrected chi connectivity index (χ2v) is 7.11. The topological polar surface area (TPSA) is 54.9 Å². The van der Waals surface area contributed by atoms with E-state index in [9.17, 15) is 4.79 Å². The first-order chi connectivity index (χ1) is 14.8. The van der Waals surface area contributed by atoms with Gasteiger partial charge in [0.1, 0.15) is 0 Å². The Kier molecular flexibility index (Phi) is 6.25. The highest BCUT2D eigenvalue weighted by atomic mass is 16.1. The van der Waals surface area contributed by atoms with Crippen LogP contribution in [0.1, 0.15) is 29.0 Å². The van der Waals surface area contributed by atoms with Crippen molar-refractivity contribution in [2.75, 3.05) is 0 Å². The van der Waals surface area contributed by atoms with Crippen molar-refractivity contribution in [2.45, 2.75) is 18.9 Å². The van der Waals surface area contributed by atoms with E-state index in [1.54, 1.807) is 18.6 Å². The van der Waals surface area contributed by atoms with Gasteiger partial charge in [-0.15, -0.1) is 0 Å². The zero-order chi connectivity index (χ0) is 20.6. The molecule has 0 aliphatic rings. The molecule has 0 unspecified atom stereocenters. The Morgan fingerprint density at radius 2 is 1.47 bits per heavy atom. The maximum atomic E-state index is 12.9. The molecular weight excluding hydrogens is 370 g/mol. The normalized spacial score (nSPS) is 10.7. The molecule has 30 heavy (non-hydrogen) atoms. The first-order valence-electron chi connectivity index (χ1n) is 10.0. The van der Waals surface area contributed by atoms with E-state index in [4.69, 9.17) is 0 Å². The van der Waals surface area contributed by atoms with Crippen LogP contribution < -0.4 is 5.32 Å². The van der Waals surface area contributed by atoms with Gasteiger partial charge in [0.25, 0.3) is 0 Å². The molecule has 0 aliphatic carbocycles. The van der Waals surface area contributed by atoms with Gasteiger partial charge in [0.2, 0.25) is 5.91 Å². The van der Waals surface area contributed by atoms with E-state index in [2.05, 4.69) is 39.6 Å². The number of amides is 1. The van der Waals surface area contributed by atoms with Gasteiger partial charge in [0.05, 0.1) is 5.69 Å². The Morgan fingerprint density at radius 3 is 2.10 bits per heavy atom. The highest BCUT2D eigenvalue weighted by Crippen LogP contribution is 2.28. The zero-order valence-corrected chi connectivity index (χ0v) is 16.6. The Hall–Kier alpha value is -3.79. The lowest BCUT2D eigenvalue weighted by Crippen LogP contribution is -2.25. The first kappa shape index (κ1) is 19.5. The highest BCUT2D eigenvalue weighted by Gasteiger charge is 2.18. The molecule has 2 heterocycles. The Balaban J connectivity index is 1.49. The summed E-state index contributed by atoms with van der Waals surface area (Å²) >= 11 is 0. The molecule has 0 aliphatic heterocycles. The summed E-state index contributed by atoms with van der Waals surface area (Å²) in [6.07, 6.45) is 5.67. The van der Waals surface area contributed by atoms with Crippen LogP contribution in [-0.2, 0) is 11.3 Å². The minimum atomic E-state index is 0.00805. The van der Waals surface area contributed by atoms with Gasteiger partial charge in [-0.3, -0.25) is 14.8 Å². The van der Waals surface area contributed by atoms with Gasteiger partial charge in [-0.1, -0.05) is 66.7 Å². The van der Waals surface area contributed by atoms with E-state index in [1.807, 2.05) is 60.7 Å². The van der Waals surface area contributed by atoms with Gasteiger partial charge in [-0.2, -0.15) is 0 Å². The zero-order valence-electron chi connectivity index (χ0n) is 16.6. The van der Waals surface area contributed by atoms with E-state index < -0.39 is 0 Å². The lowest BCUT2D eigenvalue weighted by atomic mass is 9.88. The fraction of sp³-hybridized carbons (Fsp3) is 0.115. The van der Waals surface area contributed by atoms with E-state index in [-0.39, 0.29) is 11.8 Å². The number of hydrogen-bond donors (Lipinski definition) is 1. The quantitative estimate of drug-likeness (QED) is 0.482. The number of nitrogens with one attached hydrogen (secondary N) is 1. The van der Waals surface area contributed by atoms with Gasteiger partial charge in [0.15, 0.2) is 0 Å². The first-order valence-corrected chi connectivity index (χ1v) is 10.0. The van der Waals surface area contributed by atoms with Crippen LogP contribution in [0.2, 0.25) is 0 Å². The molecule has 0 bridgehead atoms. The standard InChI is InChI=1S/C26H23N3O/c30-25(17-24(20-9-3-1-4-10-20)21-11-5-2-6-12-21)29-19-23-14-8-16-28-26(23)22-13-7-15-27-18-22/h1-16,18,24H,17,19H2,(H,29,30). The number of carbonyl (C=O) groups is 1. The van der Waals surface area contributed by atoms with Crippen molar-refractivity contribution in [3.8, 4) is 11.3 Å². The SMILES string of the molecule is O=C(CC(c1ccccc1)c1ccccc1)NCc1cccnc1-c1cccnc1. The van der Waals surface area contributed by atoms with Gasteiger partial charge in [-0.05, 0) is 34.9 Å². The lowest BCUT2D eigenvalue weighted by molar-refractivity contribution is -0.121. The average Bonchev–Trinajstić information content (AvgIpc) is 2.83. The summed E-state index contributed by atoms with van der Waals surface area (Å²) in [7, 11) is 0. The number of benzene rings is 2. The smallest absolute Gasteiger partial charge is 0.221 e. The summed E-state index contributed by atoms with van der Waals surface area (Å²) in [6, 6.07) is 28.1. The molecular formula is C26H23N3O. The van der Waals surface area contributed by atoms with Crippen LogP contribution in [0, 0.1) is 0 Å². The molecule has 4 heteroatoms. The fourth-order valence-corrected chi connectivity index (χ4v) is 3.59. The molecule has 0 saturated heterocycles. The third-order valence-electron chi connectivity index (χ3n) is 5.10. The van der Waals surface area contributed by atoms with Crippen LogP contribution in [0.5, 0.6) is 0 Å². The van der Waals surface area contributed by atoms with Crippen LogP contribution in [0.15, 0.2) is 104 Å². The van der Waals surface area contributed by atoms with Crippen molar-refractivity contribution in [1.82, 2.24) is 15.3 Å². The van der Waals surface area contributed by atoms with Gasteiger partial charge < -0.3 is 5.32 Å². The van der Waals surface area contributed by atoms with Gasteiger partial charge in [-0.25, -0.2) is 0 Å². The maximum absolute atomic E-state index is 12.9. The van der Waals surface area contributed by atoms with Crippen molar-refractivity contribution in [1.29, 1.82) is 0 Å². The molecule has 1 N–H and O–H groups in total.